The third-order valence-corrected chi connectivity index (χ3v) is 3.42. The van der Waals surface area contributed by atoms with Crippen molar-refractivity contribution in [3.05, 3.63) is 66.2 Å². The fraction of sp³-hybridized carbons (Fsp3) is 0. The predicted molar refractivity (Wildman–Crippen MR) is 95.2 cm³/mol. The van der Waals surface area contributed by atoms with Gasteiger partial charge >= 0.3 is 0 Å². The number of benzene rings is 1. The van der Waals surface area contributed by atoms with E-state index in [4.69, 9.17) is 5.73 Å². The Labute approximate surface area is 143 Å². The lowest BCUT2D eigenvalue weighted by Crippen LogP contribution is -1.98. The summed E-state index contributed by atoms with van der Waals surface area (Å²) < 4.78 is 13.9. The Bertz CT molecular complexity index is 928. The second-order valence-electron chi connectivity index (χ2n) is 5.10. The highest BCUT2D eigenvalue weighted by molar-refractivity contribution is 5.89. The van der Waals surface area contributed by atoms with E-state index in [-0.39, 0.29) is 11.5 Å². The molecule has 3 N–H and O–H groups in total. The van der Waals surface area contributed by atoms with Crippen molar-refractivity contribution >= 4 is 29.8 Å². The average Bonchev–Trinajstić information content (AvgIpc) is 2.64. The van der Waals surface area contributed by atoms with E-state index in [9.17, 15) is 9.18 Å². The fourth-order valence-electron chi connectivity index (χ4n) is 2.18. The van der Waals surface area contributed by atoms with Crippen LogP contribution < -0.4 is 11.1 Å². The van der Waals surface area contributed by atoms with E-state index in [1.807, 2.05) is 18.2 Å². The number of amides is 1. The van der Waals surface area contributed by atoms with Crippen molar-refractivity contribution in [2.24, 2.45) is 4.99 Å². The maximum atomic E-state index is 13.9. The molecular weight excluding hydrogens is 321 g/mol. The molecule has 0 fully saturated rings. The quantitative estimate of drug-likeness (QED) is 0.553. The van der Waals surface area contributed by atoms with Gasteiger partial charge in [-0.15, -0.1) is 0 Å². The largest absolute Gasteiger partial charge is 0.383 e. The van der Waals surface area contributed by atoms with Crippen LogP contribution in [0.25, 0.3) is 11.3 Å². The number of halogens is 1. The number of nitrogens with zero attached hydrogens (tertiary/aromatic N) is 3. The van der Waals surface area contributed by atoms with Crippen LogP contribution in [-0.2, 0) is 4.79 Å². The van der Waals surface area contributed by atoms with Crippen LogP contribution in [0.1, 0.15) is 5.56 Å². The van der Waals surface area contributed by atoms with Gasteiger partial charge in [-0.25, -0.2) is 9.37 Å². The first kappa shape index (κ1) is 16.3. The van der Waals surface area contributed by atoms with Crippen LogP contribution in [0.2, 0.25) is 0 Å². The maximum absolute atomic E-state index is 13.9. The van der Waals surface area contributed by atoms with E-state index in [0.717, 1.165) is 11.3 Å². The molecule has 0 saturated heterocycles. The van der Waals surface area contributed by atoms with Crippen molar-refractivity contribution in [3.8, 4) is 11.3 Å². The van der Waals surface area contributed by atoms with Gasteiger partial charge < -0.3 is 11.1 Å². The van der Waals surface area contributed by atoms with Crippen molar-refractivity contribution in [1.29, 1.82) is 0 Å². The number of anilines is 2. The third-order valence-electron chi connectivity index (χ3n) is 3.42. The van der Waals surface area contributed by atoms with E-state index in [0.29, 0.717) is 17.7 Å². The monoisotopic (exact) mass is 335 g/mol. The molecule has 0 aliphatic heterocycles. The van der Waals surface area contributed by atoms with Gasteiger partial charge in [-0.2, -0.15) is 0 Å². The lowest BCUT2D eigenvalue weighted by Gasteiger charge is -2.05. The zero-order valence-corrected chi connectivity index (χ0v) is 13.1. The molecule has 3 rings (SSSR count). The number of aliphatic imine (C=N–C) groups is 1. The minimum Gasteiger partial charge on any atom is -0.383 e. The number of rotatable bonds is 5. The number of nitrogens with one attached hydrogen (secondary N) is 1. The third kappa shape index (κ3) is 3.84. The van der Waals surface area contributed by atoms with E-state index in [2.05, 4.69) is 20.3 Å². The number of hydrogen-bond donors (Lipinski definition) is 2. The summed E-state index contributed by atoms with van der Waals surface area (Å²) in [5.74, 6) is -0.244. The van der Waals surface area contributed by atoms with Crippen LogP contribution in [0.3, 0.4) is 0 Å². The molecule has 124 valence electrons. The Morgan fingerprint density at radius 3 is 2.80 bits per heavy atom. The van der Waals surface area contributed by atoms with Gasteiger partial charge in [-0.1, -0.05) is 6.07 Å². The van der Waals surface area contributed by atoms with Gasteiger partial charge in [0.25, 0.3) is 0 Å². The molecule has 0 unspecified atom stereocenters. The van der Waals surface area contributed by atoms with Crippen molar-refractivity contribution in [2.45, 2.75) is 0 Å². The Morgan fingerprint density at radius 2 is 2.04 bits per heavy atom. The van der Waals surface area contributed by atoms with E-state index >= 15 is 0 Å². The molecule has 0 aliphatic carbocycles. The van der Waals surface area contributed by atoms with Gasteiger partial charge in [-0.3, -0.25) is 14.8 Å². The molecule has 0 saturated carbocycles. The number of nitrogen functional groups attached to an aromatic ring is 1. The highest BCUT2D eigenvalue weighted by Crippen LogP contribution is 2.23. The lowest BCUT2D eigenvalue weighted by molar-refractivity contribution is -0.105. The summed E-state index contributed by atoms with van der Waals surface area (Å²) in [4.78, 5) is 23.0. The number of pyridine rings is 2. The van der Waals surface area contributed by atoms with Crippen molar-refractivity contribution in [2.75, 3.05) is 11.1 Å². The highest BCUT2D eigenvalue weighted by Gasteiger charge is 2.05. The summed E-state index contributed by atoms with van der Waals surface area (Å²) in [6.45, 7) is 0. The van der Waals surface area contributed by atoms with E-state index in [1.165, 1.54) is 24.4 Å². The number of hydrogen-bond acceptors (Lipinski definition) is 5. The molecule has 0 bridgehead atoms. The molecule has 3 aromatic rings. The molecular formula is C18H14FN5O. The number of aromatic nitrogens is 2. The molecule has 0 aliphatic rings. The summed E-state index contributed by atoms with van der Waals surface area (Å²) >= 11 is 0. The van der Waals surface area contributed by atoms with Gasteiger partial charge in [0.15, 0.2) is 0 Å². The van der Waals surface area contributed by atoms with Crippen molar-refractivity contribution in [3.63, 3.8) is 0 Å². The fourth-order valence-corrected chi connectivity index (χ4v) is 2.18. The molecule has 1 amide bonds. The number of carbonyl (C=O) groups is 1. The summed E-state index contributed by atoms with van der Waals surface area (Å²) in [6, 6.07) is 11.4. The van der Waals surface area contributed by atoms with Crippen LogP contribution in [0, 0.1) is 5.82 Å². The normalized spacial score (nSPS) is 10.8. The zero-order chi connectivity index (χ0) is 17.6. The molecule has 0 radical (unpaired) electrons. The van der Waals surface area contributed by atoms with Gasteiger partial charge in [-0.05, 0) is 36.4 Å². The number of carbonyl (C=O) groups excluding carboxylic acids is 1. The first-order valence-electron chi connectivity index (χ1n) is 7.38. The summed E-state index contributed by atoms with van der Waals surface area (Å²) in [6.07, 6.45) is 5.24. The smallest absolute Gasteiger partial charge is 0.211 e. The van der Waals surface area contributed by atoms with Gasteiger partial charge in [0, 0.05) is 35.4 Å². The summed E-state index contributed by atoms with van der Waals surface area (Å²) in [7, 11) is 0. The Balaban J connectivity index is 1.94. The molecule has 6 nitrogen and oxygen atoms in total. The van der Waals surface area contributed by atoms with E-state index < -0.39 is 5.82 Å². The predicted octanol–water partition coefficient (Wildman–Crippen LogP) is 3.18. The Morgan fingerprint density at radius 1 is 1.16 bits per heavy atom. The van der Waals surface area contributed by atoms with Gasteiger partial charge in [0.1, 0.15) is 17.3 Å². The molecule has 25 heavy (non-hydrogen) atoms. The van der Waals surface area contributed by atoms with Gasteiger partial charge in [0.2, 0.25) is 6.41 Å². The second kappa shape index (κ2) is 7.31. The first-order valence-corrected chi connectivity index (χ1v) is 7.38. The minimum absolute atomic E-state index is 0.0782. The molecule has 0 spiro atoms. The standard InChI is InChI=1S/C18H14FN5O/c19-15-5-4-14(24-11-25)8-17(15)22-10-13-7-12(9-23-18(13)20)16-3-1-2-6-21-16/h1-11H,(H2,20,23)(H,24,25). The van der Waals surface area contributed by atoms with E-state index in [1.54, 1.807) is 18.5 Å². The van der Waals surface area contributed by atoms with Crippen LogP contribution in [0.5, 0.6) is 0 Å². The summed E-state index contributed by atoms with van der Waals surface area (Å²) in [5, 5.41) is 2.45. The number of nitrogens with two attached hydrogens (primary N) is 1. The SMILES string of the molecule is Nc1ncc(-c2ccccn2)cc1C=Nc1cc(NC=O)ccc1F. The maximum Gasteiger partial charge on any atom is 0.211 e. The average molecular weight is 335 g/mol. The summed E-state index contributed by atoms with van der Waals surface area (Å²) in [5.41, 5.74) is 8.45. The van der Waals surface area contributed by atoms with Gasteiger partial charge in [0.05, 0.1) is 5.69 Å². The van der Waals surface area contributed by atoms with Crippen LogP contribution in [0.4, 0.5) is 21.6 Å². The molecule has 1 aromatic carbocycles. The molecule has 7 heteroatoms. The highest BCUT2D eigenvalue weighted by atomic mass is 19.1. The zero-order valence-electron chi connectivity index (χ0n) is 13.1. The Kier molecular flexibility index (Phi) is 4.75. The first-order chi connectivity index (χ1) is 12.2. The van der Waals surface area contributed by atoms with Crippen molar-refractivity contribution in [1.82, 2.24) is 9.97 Å². The van der Waals surface area contributed by atoms with Crippen LogP contribution in [0.15, 0.2) is 59.9 Å². The van der Waals surface area contributed by atoms with Crippen molar-refractivity contribution < 1.29 is 9.18 Å². The second-order valence-corrected chi connectivity index (χ2v) is 5.10. The molecule has 0 atom stereocenters. The minimum atomic E-state index is -0.514. The Hall–Kier alpha value is -3.61. The topological polar surface area (TPSA) is 93.3 Å². The van der Waals surface area contributed by atoms with Crippen LogP contribution in [-0.4, -0.2) is 22.6 Å². The molecule has 2 aromatic heterocycles. The lowest BCUT2D eigenvalue weighted by atomic mass is 10.1. The van der Waals surface area contributed by atoms with Crippen LogP contribution >= 0.6 is 0 Å². The molecule has 2 heterocycles.